The van der Waals surface area contributed by atoms with Gasteiger partial charge in [0.1, 0.15) is 23.1 Å². The Bertz CT molecular complexity index is 1340. The van der Waals surface area contributed by atoms with E-state index in [4.69, 9.17) is 21.1 Å². The largest absolute Gasteiger partial charge is 0.486 e. The fourth-order valence-corrected chi connectivity index (χ4v) is 3.85. The highest BCUT2D eigenvalue weighted by Crippen LogP contribution is 2.32. The standard InChI is InChI=1S/C22H14ClFN4O2S/c23-15-7-9-16(10-8-15)29-13-20-25-26-22-28(20)27-21(31-22)14-6-11-18(24)19(12-14)30-17-4-2-1-3-5-17/h1-12H,13H2. The first-order valence-corrected chi connectivity index (χ1v) is 10.5. The van der Waals surface area contributed by atoms with Gasteiger partial charge in [0.15, 0.2) is 17.4 Å². The van der Waals surface area contributed by atoms with Crippen LogP contribution < -0.4 is 9.47 Å². The van der Waals surface area contributed by atoms with E-state index in [0.717, 1.165) is 0 Å². The van der Waals surface area contributed by atoms with Crippen molar-refractivity contribution in [1.82, 2.24) is 19.8 Å². The lowest BCUT2D eigenvalue weighted by atomic mass is 10.2. The molecular weight excluding hydrogens is 439 g/mol. The number of para-hydroxylation sites is 1. The highest BCUT2D eigenvalue weighted by Gasteiger charge is 2.15. The van der Waals surface area contributed by atoms with Crippen LogP contribution in [0.3, 0.4) is 0 Å². The first-order chi connectivity index (χ1) is 15.2. The number of fused-ring (bicyclic) bond motifs is 1. The van der Waals surface area contributed by atoms with E-state index in [1.165, 1.54) is 17.4 Å². The highest BCUT2D eigenvalue weighted by molar-refractivity contribution is 7.19. The first-order valence-electron chi connectivity index (χ1n) is 9.28. The number of hydrogen-bond donors (Lipinski definition) is 0. The predicted molar refractivity (Wildman–Crippen MR) is 116 cm³/mol. The summed E-state index contributed by atoms with van der Waals surface area (Å²) in [5.41, 5.74) is 0.715. The molecule has 5 rings (SSSR count). The van der Waals surface area contributed by atoms with Crippen molar-refractivity contribution in [2.75, 3.05) is 0 Å². The molecule has 0 N–H and O–H groups in total. The van der Waals surface area contributed by atoms with E-state index >= 15 is 0 Å². The van der Waals surface area contributed by atoms with Gasteiger partial charge in [0.25, 0.3) is 0 Å². The molecule has 0 amide bonds. The van der Waals surface area contributed by atoms with Crippen molar-refractivity contribution < 1.29 is 13.9 Å². The van der Waals surface area contributed by atoms with Crippen LogP contribution in [-0.2, 0) is 6.61 Å². The molecular formula is C22H14ClFN4O2S. The second-order valence-electron chi connectivity index (χ2n) is 6.52. The fourth-order valence-electron chi connectivity index (χ4n) is 2.87. The van der Waals surface area contributed by atoms with Gasteiger partial charge in [-0.1, -0.05) is 41.1 Å². The van der Waals surface area contributed by atoms with E-state index < -0.39 is 5.82 Å². The maximum Gasteiger partial charge on any atom is 0.235 e. The summed E-state index contributed by atoms with van der Waals surface area (Å²) < 4.78 is 27.3. The number of hydrogen-bond acceptors (Lipinski definition) is 6. The van der Waals surface area contributed by atoms with Crippen LogP contribution in [0.4, 0.5) is 4.39 Å². The molecule has 0 fully saturated rings. The number of halogens is 2. The lowest BCUT2D eigenvalue weighted by Gasteiger charge is -2.07. The summed E-state index contributed by atoms with van der Waals surface area (Å²) in [6.45, 7) is 0.192. The molecule has 3 aromatic carbocycles. The van der Waals surface area contributed by atoms with Crippen LogP contribution in [0.15, 0.2) is 72.8 Å². The summed E-state index contributed by atoms with van der Waals surface area (Å²) in [7, 11) is 0. The molecule has 0 aliphatic carbocycles. The monoisotopic (exact) mass is 452 g/mol. The van der Waals surface area contributed by atoms with Crippen molar-refractivity contribution in [3.8, 4) is 27.8 Å². The van der Waals surface area contributed by atoms with Crippen LogP contribution in [0.1, 0.15) is 5.82 Å². The molecule has 154 valence electrons. The average Bonchev–Trinajstić information content (AvgIpc) is 3.37. The Morgan fingerprint density at radius 3 is 2.55 bits per heavy atom. The van der Waals surface area contributed by atoms with Gasteiger partial charge < -0.3 is 9.47 Å². The minimum atomic E-state index is -0.451. The van der Waals surface area contributed by atoms with E-state index in [1.807, 2.05) is 18.2 Å². The number of benzene rings is 3. The average molecular weight is 453 g/mol. The van der Waals surface area contributed by atoms with Crippen molar-refractivity contribution >= 4 is 27.9 Å². The molecule has 0 bridgehead atoms. The van der Waals surface area contributed by atoms with E-state index in [9.17, 15) is 4.39 Å². The van der Waals surface area contributed by atoms with Crippen LogP contribution in [0.25, 0.3) is 15.5 Å². The third-order valence-corrected chi connectivity index (χ3v) is 5.59. The minimum absolute atomic E-state index is 0.126. The summed E-state index contributed by atoms with van der Waals surface area (Å²) in [5, 5.41) is 14.2. The summed E-state index contributed by atoms with van der Waals surface area (Å²) in [5.74, 6) is 1.44. The normalized spacial score (nSPS) is 11.0. The van der Waals surface area contributed by atoms with E-state index in [0.29, 0.717) is 37.9 Å². The van der Waals surface area contributed by atoms with Gasteiger partial charge in [-0.2, -0.15) is 9.61 Å². The van der Waals surface area contributed by atoms with Crippen LogP contribution in [0.2, 0.25) is 5.02 Å². The molecule has 0 atom stereocenters. The van der Waals surface area contributed by atoms with Gasteiger partial charge in [0, 0.05) is 10.6 Å². The molecule has 31 heavy (non-hydrogen) atoms. The Kier molecular flexibility index (Phi) is 5.23. The van der Waals surface area contributed by atoms with Gasteiger partial charge in [-0.05, 0) is 54.6 Å². The molecule has 0 aliphatic rings. The molecule has 2 heterocycles. The van der Waals surface area contributed by atoms with Gasteiger partial charge in [-0.25, -0.2) is 4.39 Å². The Balaban J connectivity index is 1.39. The molecule has 2 aromatic heterocycles. The Morgan fingerprint density at radius 1 is 0.935 bits per heavy atom. The Morgan fingerprint density at radius 2 is 1.74 bits per heavy atom. The van der Waals surface area contributed by atoms with Gasteiger partial charge in [-0.3, -0.25) is 0 Å². The second kappa shape index (κ2) is 8.33. The fraction of sp³-hybridized carbons (Fsp3) is 0.0455. The van der Waals surface area contributed by atoms with Crippen LogP contribution in [-0.4, -0.2) is 19.8 Å². The van der Waals surface area contributed by atoms with Crippen molar-refractivity contribution in [1.29, 1.82) is 0 Å². The summed E-state index contributed by atoms with van der Waals surface area (Å²) in [6.07, 6.45) is 0. The van der Waals surface area contributed by atoms with Gasteiger partial charge in [0.2, 0.25) is 4.96 Å². The maximum absolute atomic E-state index is 14.3. The van der Waals surface area contributed by atoms with E-state index in [-0.39, 0.29) is 12.4 Å². The molecule has 0 saturated carbocycles. The molecule has 0 radical (unpaired) electrons. The highest BCUT2D eigenvalue weighted by atomic mass is 35.5. The topological polar surface area (TPSA) is 61.5 Å². The lowest BCUT2D eigenvalue weighted by Crippen LogP contribution is -2.02. The lowest BCUT2D eigenvalue weighted by molar-refractivity contribution is 0.293. The number of ether oxygens (including phenoxy) is 2. The van der Waals surface area contributed by atoms with Gasteiger partial charge in [0.05, 0.1) is 0 Å². The quantitative estimate of drug-likeness (QED) is 0.315. The SMILES string of the molecule is Fc1ccc(-c2nn3c(COc4ccc(Cl)cc4)nnc3s2)cc1Oc1ccccc1. The summed E-state index contributed by atoms with van der Waals surface area (Å²) in [6, 6.07) is 20.8. The number of nitrogens with zero attached hydrogens (tertiary/aromatic N) is 4. The zero-order valence-corrected chi connectivity index (χ0v) is 17.5. The van der Waals surface area contributed by atoms with Crippen LogP contribution in [0.5, 0.6) is 17.2 Å². The zero-order chi connectivity index (χ0) is 21.2. The van der Waals surface area contributed by atoms with E-state index in [2.05, 4.69) is 15.3 Å². The third-order valence-electron chi connectivity index (χ3n) is 4.39. The first kappa shape index (κ1) is 19.5. The Hall–Kier alpha value is -3.49. The van der Waals surface area contributed by atoms with Crippen molar-refractivity contribution in [3.63, 3.8) is 0 Å². The summed E-state index contributed by atoms with van der Waals surface area (Å²) >= 11 is 7.24. The smallest absolute Gasteiger partial charge is 0.235 e. The van der Waals surface area contributed by atoms with Crippen molar-refractivity contribution in [2.24, 2.45) is 0 Å². The molecule has 0 spiro atoms. The molecule has 0 unspecified atom stereocenters. The molecule has 0 saturated heterocycles. The Labute approximate surface area is 185 Å². The zero-order valence-electron chi connectivity index (χ0n) is 15.9. The van der Waals surface area contributed by atoms with Gasteiger partial charge in [-0.15, -0.1) is 10.2 Å². The molecule has 6 nitrogen and oxygen atoms in total. The molecule has 0 aliphatic heterocycles. The number of rotatable bonds is 6. The summed E-state index contributed by atoms with van der Waals surface area (Å²) in [4.78, 5) is 0.611. The van der Waals surface area contributed by atoms with E-state index in [1.54, 1.807) is 53.0 Å². The number of aromatic nitrogens is 4. The predicted octanol–water partition coefficient (Wildman–Crippen LogP) is 6.02. The third kappa shape index (κ3) is 4.21. The van der Waals surface area contributed by atoms with Crippen LogP contribution in [0, 0.1) is 5.82 Å². The van der Waals surface area contributed by atoms with Crippen LogP contribution >= 0.6 is 22.9 Å². The van der Waals surface area contributed by atoms with Gasteiger partial charge >= 0.3 is 0 Å². The minimum Gasteiger partial charge on any atom is -0.486 e. The van der Waals surface area contributed by atoms with Crippen molar-refractivity contribution in [2.45, 2.75) is 6.61 Å². The second-order valence-corrected chi connectivity index (χ2v) is 7.91. The molecule has 9 heteroatoms. The molecule has 5 aromatic rings. The van der Waals surface area contributed by atoms with Crippen molar-refractivity contribution in [3.05, 3.63) is 89.5 Å². The maximum atomic E-state index is 14.3.